The Hall–Kier alpha value is -2.15. The second-order valence-corrected chi connectivity index (χ2v) is 5.69. The third-order valence-corrected chi connectivity index (χ3v) is 3.45. The minimum atomic E-state index is -0.192. The van der Waals surface area contributed by atoms with Crippen molar-refractivity contribution in [1.29, 1.82) is 0 Å². The van der Waals surface area contributed by atoms with Crippen molar-refractivity contribution in [2.45, 2.75) is 0 Å². The van der Waals surface area contributed by atoms with Crippen LogP contribution in [0.5, 0.6) is 0 Å². The molecule has 0 aromatic heterocycles. The fourth-order valence-corrected chi connectivity index (χ4v) is 2.02. The third-order valence-electron chi connectivity index (χ3n) is 2.74. The largest absolute Gasteiger partial charge is 0.376 e. The van der Waals surface area contributed by atoms with E-state index in [0.717, 1.165) is 14.8 Å². The lowest BCUT2D eigenvalue weighted by Crippen LogP contribution is -2.25. The molecule has 0 aliphatic heterocycles. The molecule has 0 heterocycles. The van der Waals surface area contributed by atoms with Gasteiger partial charge in [-0.3, -0.25) is 4.79 Å². The number of amides is 1. The van der Waals surface area contributed by atoms with Crippen molar-refractivity contribution >= 4 is 46.5 Å². The van der Waals surface area contributed by atoms with Gasteiger partial charge in [0.05, 0.1) is 6.54 Å². The molecule has 2 aromatic rings. The number of halogens is 1. The fourth-order valence-electron chi connectivity index (χ4n) is 1.66. The minimum absolute atomic E-state index is 0.181. The Kier molecular flexibility index (Phi) is 6.63. The quantitative estimate of drug-likeness (QED) is 0.439. The molecule has 0 fully saturated rings. The van der Waals surface area contributed by atoms with Crippen molar-refractivity contribution in [3.05, 3.63) is 69.8 Å². The maximum Gasteiger partial charge on any atom is 0.259 e. The topological polar surface area (TPSA) is 53.5 Å². The van der Waals surface area contributed by atoms with Crippen molar-refractivity contribution in [3.8, 4) is 0 Å². The molecule has 5 heteroatoms. The third kappa shape index (κ3) is 6.09. The van der Waals surface area contributed by atoms with Gasteiger partial charge in [-0.25, -0.2) is 5.43 Å². The summed E-state index contributed by atoms with van der Waals surface area (Å²) in [6, 6.07) is 17.7. The number of allylic oxidation sites excluding steroid dienone is 1. The molecular weight excluding hydrogens is 389 g/mol. The second-order valence-electron chi connectivity index (χ2n) is 4.44. The number of anilines is 1. The molecular formula is C17H16IN3O. The number of carbonyl (C=O) groups excluding carboxylic acids is 1. The van der Waals surface area contributed by atoms with Crippen LogP contribution in [0.25, 0.3) is 6.08 Å². The summed E-state index contributed by atoms with van der Waals surface area (Å²) >= 11 is 2.24. The van der Waals surface area contributed by atoms with Crippen LogP contribution < -0.4 is 10.7 Å². The summed E-state index contributed by atoms with van der Waals surface area (Å²) in [5, 5.41) is 6.89. The molecule has 112 valence electrons. The molecule has 1 amide bonds. The van der Waals surface area contributed by atoms with Gasteiger partial charge in [0.15, 0.2) is 0 Å². The Bertz CT molecular complexity index is 651. The Morgan fingerprint density at radius 3 is 2.55 bits per heavy atom. The first kappa shape index (κ1) is 16.2. The summed E-state index contributed by atoms with van der Waals surface area (Å²) in [6.45, 7) is 0.181. The van der Waals surface area contributed by atoms with E-state index in [2.05, 4.69) is 38.4 Å². The lowest BCUT2D eigenvalue weighted by Gasteiger charge is -2.04. The first-order valence-corrected chi connectivity index (χ1v) is 7.85. The van der Waals surface area contributed by atoms with Gasteiger partial charge < -0.3 is 5.32 Å². The highest BCUT2D eigenvalue weighted by molar-refractivity contribution is 14.1. The molecule has 2 rings (SSSR count). The number of rotatable bonds is 6. The van der Waals surface area contributed by atoms with Crippen molar-refractivity contribution in [1.82, 2.24) is 5.43 Å². The van der Waals surface area contributed by atoms with E-state index in [-0.39, 0.29) is 12.5 Å². The highest BCUT2D eigenvalue weighted by Crippen LogP contribution is 2.10. The zero-order valence-electron chi connectivity index (χ0n) is 11.9. The molecule has 0 saturated heterocycles. The number of nitrogens with one attached hydrogen (secondary N) is 2. The van der Waals surface area contributed by atoms with Gasteiger partial charge in [-0.15, -0.1) is 0 Å². The van der Waals surface area contributed by atoms with Gasteiger partial charge in [0.1, 0.15) is 0 Å². The summed E-state index contributed by atoms with van der Waals surface area (Å²) in [7, 11) is 0. The molecule has 4 nitrogen and oxygen atoms in total. The van der Waals surface area contributed by atoms with Crippen LogP contribution >= 0.6 is 22.6 Å². The molecule has 2 aromatic carbocycles. The Balaban J connectivity index is 1.70. The lowest BCUT2D eigenvalue weighted by atomic mass is 10.2. The van der Waals surface area contributed by atoms with Gasteiger partial charge in [-0.1, -0.05) is 36.4 Å². The summed E-state index contributed by atoms with van der Waals surface area (Å²) in [5.41, 5.74) is 4.46. The minimum Gasteiger partial charge on any atom is -0.376 e. The second kappa shape index (κ2) is 8.99. The van der Waals surface area contributed by atoms with Crippen molar-refractivity contribution in [2.24, 2.45) is 5.10 Å². The number of carbonyl (C=O) groups is 1. The standard InChI is InChI=1S/C17H16IN3O/c18-15-8-10-16(11-9-15)19-13-17(22)21-20-12-4-7-14-5-2-1-3-6-14/h1-12,19H,13H2,(H,21,22)/b7-4+,20-12-. The van der Waals surface area contributed by atoms with E-state index in [1.807, 2.05) is 60.7 Å². The van der Waals surface area contributed by atoms with Crippen LogP contribution in [0, 0.1) is 3.57 Å². The van der Waals surface area contributed by atoms with Crippen molar-refractivity contribution < 1.29 is 4.79 Å². The van der Waals surface area contributed by atoms with Gasteiger partial charge >= 0.3 is 0 Å². The lowest BCUT2D eigenvalue weighted by molar-refractivity contribution is -0.119. The van der Waals surface area contributed by atoms with Crippen molar-refractivity contribution in [3.63, 3.8) is 0 Å². The zero-order valence-corrected chi connectivity index (χ0v) is 14.0. The van der Waals surface area contributed by atoms with Crippen LogP contribution in [-0.4, -0.2) is 18.7 Å². The predicted octanol–water partition coefficient (Wildman–Crippen LogP) is 3.52. The first-order valence-electron chi connectivity index (χ1n) is 6.77. The summed E-state index contributed by atoms with van der Waals surface area (Å²) in [4.78, 5) is 11.6. The molecule has 0 aliphatic carbocycles. The maximum absolute atomic E-state index is 11.6. The number of nitrogens with zero attached hydrogens (tertiary/aromatic N) is 1. The van der Waals surface area contributed by atoms with Gasteiger partial charge in [-0.2, -0.15) is 5.10 Å². The molecule has 0 saturated carbocycles. The van der Waals surface area contributed by atoms with E-state index < -0.39 is 0 Å². The Morgan fingerprint density at radius 2 is 1.82 bits per heavy atom. The van der Waals surface area contributed by atoms with Crippen LogP contribution in [0.2, 0.25) is 0 Å². The van der Waals surface area contributed by atoms with Gasteiger partial charge in [-0.05, 0) is 58.5 Å². The molecule has 0 aliphatic rings. The van der Waals surface area contributed by atoms with Crippen LogP contribution in [0.3, 0.4) is 0 Å². The van der Waals surface area contributed by atoms with Crippen LogP contribution in [0.1, 0.15) is 5.56 Å². The highest BCUT2D eigenvalue weighted by atomic mass is 127. The number of benzene rings is 2. The van der Waals surface area contributed by atoms with E-state index >= 15 is 0 Å². The number of hydrogen-bond acceptors (Lipinski definition) is 3. The van der Waals surface area contributed by atoms with Gasteiger partial charge in [0.25, 0.3) is 5.91 Å². The Morgan fingerprint density at radius 1 is 1.09 bits per heavy atom. The molecule has 2 N–H and O–H groups in total. The first-order chi connectivity index (χ1) is 10.7. The number of hydrazone groups is 1. The van der Waals surface area contributed by atoms with E-state index in [4.69, 9.17) is 0 Å². The van der Waals surface area contributed by atoms with E-state index in [9.17, 15) is 4.79 Å². The zero-order chi connectivity index (χ0) is 15.6. The molecule has 22 heavy (non-hydrogen) atoms. The monoisotopic (exact) mass is 405 g/mol. The molecule has 0 radical (unpaired) electrons. The summed E-state index contributed by atoms with van der Waals surface area (Å²) in [6.07, 6.45) is 5.25. The van der Waals surface area contributed by atoms with E-state index in [0.29, 0.717) is 0 Å². The van der Waals surface area contributed by atoms with Crippen LogP contribution in [0.4, 0.5) is 5.69 Å². The van der Waals surface area contributed by atoms with Crippen LogP contribution in [0.15, 0.2) is 65.8 Å². The highest BCUT2D eigenvalue weighted by Gasteiger charge is 1.98. The molecule has 0 atom stereocenters. The predicted molar refractivity (Wildman–Crippen MR) is 99.8 cm³/mol. The SMILES string of the molecule is O=C(CNc1ccc(I)cc1)N/N=C\C=C\c1ccccc1. The summed E-state index contributed by atoms with van der Waals surface area (Å²) in [5.74, 6) is -0.192. The fraction of sp³-hybridized carbons (Fsp3) is 0.0588. The average molecular weight is 405 g/mol. The molecule has 0 unspecified atom stereocenters. The number of hydrogen-bond donors (Lipinski definition) is 2. The molecule has 0 spiro atoms. The Labute approximate surface area is 143 Å². The van der Waals surface area contributed by atoms with E-state index in [1.165, 1.54) is 0 Å². The normalized spacial score (nSPS) is 11.0. The average Bonchev–Trinajstić information content (AvgIpc) is 2.55. The molecule has 0 bridgehead atoms. The van der Waals surface area contributed by atoms with Gasteiger partial charge in [0.2, 0.25) is 0 Å². The smallest absolute Gasteiger partial charge is 0.259 e. The maximum atomic E-state index is 11.6. The van der Waals surface area contributed by atoms with Gasteiger partial charge in [0, 0.05) is 15.5 Å². The van der Waals surface area contributed by atoms with E-state index in [1.54, 1.807) is 12.3 Å². The van der Waals surface area contributed by atoms with Crippen LogP contribution in [-0.2, 0) is 4.79 Å². The summed E-state index contributed by atoms with van der Waals surface area (Å²) < 4.78 is 1.16. The van der Waals surface area contributed by atoms with Crippen molar-refractivity contribution in [2.75, 3.05) is 11.9 Å².